The zero-order valence-corrected chi connectivity index (χ0v) is 16.1. The number of hydrogen-bond acceptors (Lipinski definition) is 4. The Morgan fingerprint density at radius 3 is 2.57 bits per heavy atom. The molecule has 1 aromatic rings. The smallest absolute Gasteiger partial charge is 0.333 e. The van der Waals surface area contributed by atoms with Gasteiger partial charge in [-0.15, -0.1) is 0 Å². The summed E-state index contributed by atoms with van der Waals surface area (Å²) in [5.74, 6) is 0.118. The fourth-order valence-electron chi connectivity index (χ4n) is 1.39. The summed E-state index contributed by atoms with van der Waals surface area (Å²) >= 11 is 10.2. The van der Waals surface area contributed by atoms with Gasteiger partial charge in [-0.3, -0.25) is 0 Å². The summed E-state index contributed by atoms with van der Waals surface area (Å²) in [6, 6.07) is 3.62. The minimum atomic E-state index is -0.474. The van der Waals surface area contributed by atoms with E-state index in [0.717, 1.165) is 13.4 Å². The van der Waals surface area contributed by atoms with Crippen molar-refractivity contribution in [2.24, 2.45) is 0 Å². The van der Waals surface area contributed by atoms with Crippen LogP contribution in [0, 0.1) is 0 Å². The first-order valence-corrected chi connectivity index (χ1v) is 8.48. The Labute approximate surface area is 148 Å². The summed E-state index contributed by atoms with van der Waals surface area (Å²) in [7, 11) is 0. The molecule has 116 valence electrons. The summed E-state index contributed by atoms with van der Waals surface area (Å²) in [6.07, 6.45) is -0.0912. The Kier molecular flexibility index (Phi) is 7.94. The number of carbonyl (C=O) groups is 1. The lowest BCUT2D eigenvalue weighted by Crippen LogP contribution is -2.26. The monoisotopic (exact) mass is 484 g/mol. The molecular weight excluding hydrogens is 472 g/mol. The van der Waals surface area contributed by atoms with Crippen LogP contribution in [0.5, 0.6) is 5.75 Å². The number of hydrogen-bond donors (Lipinski definition) is 1. The maximum absolute atomic E-state index is 11.4. The van der Waals surface area contributed by atoms with Crippen LogP contribution in [0.25, 0.3) is 0 Å². The third-order valence-corrected chi connectivity index (χ3v) is 5.83. The van der Waals surface area contributed by atoms with E-state index in [1.807, 2.05) is 6.07 Å². The number of aliphatic hydroxyl groups excluding tert-OH is 1. The maximum atomic E-state index is 11.4. The highest BCUT2D eigenvalue weighted by Crippen LogP contribution is 2.38. The average molecular weight is 487 g/mol. The standard InChI is InChI=1S/C14H15Br3O4/c1-8(2)14(19)20-7-9(5-6-18)21-11-4-3-10(15)12(16)13(11)17/h3-4,9,18H,1,5-7H2,2H3. The van der Waals surface area contributed by atoms with E-state index in [0.29, 0.717) is 17.7 Å². The van der Waals surface area contributed by atoms with Crippen LogP contribution in [0.15, 0.2) is 37.7 Å². The molecule has 0 fully saturated rings. The van der Waals surface area contributed by atoms with Crippen molar-refractivity contribution < 1.29 is 19.4 Å². The molecule has 0 aliphatic heterocycles. The predicted octanol–water partition coefficient (Wildman–Crippen LogP) is 4.22. The number of rotatable bonds is 7. The van der Waals surface area contributed by atoms with Crippen LogP contribution >= 0.6 is 47.8 Å². The van der Waals surface area contributed by atoms with E-state index in [2.05, 4.69) is 54.4 Å². The second kappa shape index (κ2) is 8.92. The summed E-state index contributed by atoms with van der Waals surface area (Å²) in [5, 5.41) is 9.09. The van der Waals surface area contributed by atoms with Crippen molar-refractivity contribution in [3.05, 3.63) is 37.7 Å². The first-order chi connectivity index (χ1) is 9.86. The molecule has 0 saturated heterocycles. The molecule has 0 aliphatic carbocycles. The van der Waals surface area contributed by atoms with E-state index in [4.69, 9.17) is 14.6 Å². The van der Waals surface area contributed by atoms with Gasteiger partial charge in [0.25, 0.3) is 0 Å². The zero-order chi connectivity index (χ0) is 16.0. The second-order valence-electron chi connectivity index (χ2n) is 4.30. The maximum Gasteiger partial charge on any atom is 0.333 e. The van der Waals surface area contributed by atoms with Gasteiger partial charge in [0.05, 0.1) is 4.47 Å². The number of carbonyl (C=O) groups excluding carboxylic acids is 1. The van der Waals surface area contributed by atoms with Crippen molar-refractivity contribution in [2.75, 3.05) is 13.2 Å². The Balaban J connectivity index is 2.76. The van der Waals surface area contributed by atoms with E-state index < -0.39 is 12.1 Å². The second-order valence-corrected chi connectivity index (χ2v) is 6.74. The van der Waals surface area contributed by atoms with Crippen LogP contribution in [-0.2, 0) is 9.53 Å². The third-order valence-electron chi connectivity index (χ3n) is 2.49. The molecule has 0 spiro atoms. The van der Waals surface area contributed by atoms with Crippen molar-refractivity contribution in [1.82, 2.24) is 0 Å². The number of esters is 1. The van der Waals surface area contributed by atoms with Crippen molar-refractivity contribution in [3.63, 3.8) is 0 Å². The SMILES string of the molecule is C=C(C)C(=O)OCC(CCO)Oc1ccc(Br)c(Br)c1Br. The van der Waals surface area contributed by atoms with Crippen molar-refractivity contribution in [3.8, 4) is 5.75 Å². The molecule has 0 aromatic heterocycles. The lowest BCUT2D eigenvalue weighted by atomic mass is 10.2. The molecule has 1 N–H and O–H groups in total. The summed E-state index contributed by atoms with van der Waals surface area (Å²) < 4.78 is 13.3. The lowest BCUT2D eigenvalue weighted by molar-refractivity contribution is -0.141. The van der Waals surface area contributed by atoms with E-state index in [-0.39, 0.29) is 13.2 Å². The van der Waals surface area contributed by atoms with E-state index in [1.54, 1.807) is 13.0 Å². The molecule has 0 amide bonds. The Bertz CT molecular complexity index is 531. The Morgan fingerprint density at radius 1 is 1.33 bits per heavy atom. The number of aliphatic hydroxyl groups is 1. The molecule has 0 aliphatic rings. The fraction of sp³-hybridized carbons (Fsp3) is 0.357. The quantitative estimate of drug-likeness (QED) is 0.356. The average Bonchev–Trinajstić information content (AvgIpc) is 2.44. The van der Waals surface area contributed by atoms with Gasteiger partial charge in [0.15, 0.2) is 0 Å². The molecule has 7 heteroatoms. The van der Waals surface area contributed by atoms with E-state index in [1.165, 1.54) is 0 Å². The molecule has 1 rings (SSSR count). The Morgan fingerprint density at radius 2 is 2.00 bits per heavy atom. The van der Waals surface area contributed by atoms with Crippen LogP contribution in [0.1, 0.15) is 13.3 Å². The van der Waals surface area contributed by atoms with Gasteiger partial charge in [-0.05, 0) is 66.8 Å². The first-order valence-electron chi connectivity index (χ1n) is 6.10. The van der Waals surface area contributed by atoms with Gasteiger partial charge >= 0.3 is 5.97 Å². The van der Waals surface area contributed by atoms with Crippen LogP contribution in [0.4, 0.5) is 0 Å². The largest absolute Gasteiger partial charge is 0.486 e. The van der Waals surface area contributed by atoms with E-state index in [9.17, 15) is 4.79 Å². The summed E-state index contributed by atoms with van der Waals surface area (Å²) in [6.45, 7) is 5.07. The highest BCUT2D eigenvalue weighted by molar-refractivity contribution is 9.14. The van der Waals surface area contributed by atoms with Gasteiger partial charge < -0.3 is 14.6 Å². The first kappa shape index (κ1) is 18.7. The normalized spacial score (nSPS) is 11.9. The highest BCUT2D eigenvalue weighted by atomic mass is 79.9. The van der Waals surface area contributed by atoms with Crippen molar-refractivity contribution >= 4 is 53.8 Å². The van der Waals surface area contributed by atoms with Crippen LogP contribution in [-0.4, -0.2) is 30.4 Å². The van der Waals surface area contributed by atoms with Gasteiger partial charge in [0.2, 0.25) is 0 Å². The highest BCUT2D eigenvalue weighted by Gasteiger charge is 2.17. The third kappa shape index (κ3) is 5.73. The Hall–Kier alpha value is -0.370. The molecule has 0 bridgehead atoms. The molecule has 1 atom stereocenters. The number of benzene rings is 1. The molecule has 0 saturated carbocycles. The van der Waals surface area contributed by atoms with E-state index >= 15 is 0 Å². The van der Waals surface area contributed by atoms with Gasteiger partial charge in [0.1, 0.15) is 18.5 Å². The molecule has 4 nitrogen and oxygen atoms in total. The van der Waals surface area contributed by atoms with Crippen molar-refractivity contribution in [1.29, 1.82) is 0 Å². The molecule has 0 heterocycles. The molecule has 1 aromatic carbocycles. The van der Waals surface area contributed by atoms with Crippen molar-refractivity contribution in [2.45, 2.75) is 19.4 Å². The summed E-state index contributed by atoms with van der Waals surface area (Å²) in [4.78, 5) is 11.4. The molecule has 1 unspecified atom stereocenters. The van der Waals surface area contributed by atoms with Crippen LogP contribution in [0.3, 0.4) is 0 Å². The molecule has 0 radical (unpaired) electrons. The zero-order valence-electron chi connectivity index (χ0n) is 11.4. The minimum Gasteiger partial charge on any atom is -0.486 e. The van der Waals surface area contributed by atoms with Crippen LogP contribution in [0.2, 0.25) is 0 Å². The number of halogens is 3. The van der Waals surface area contributed by atoms with Gasteiger partial charge in [-0.2, -0.15) is 0 Å². The predicted molar refractivity (Wildman–Crippen MR) is 91.4 cm³/mol. The topological polar surface area (TPSA) is 55.8 Å². The fourth-order valence-corrected chi connectivity index (χ4v) is 2.75. The van der Waals surface area contributed by atoms with Crippen LogP contribution < -0.4 is 4.74 Å². The van der Waals surface area contributed by atoms with Gasteiger partial charge in [-0.25, -0.2) is 4.79 Å². The van der Waals surface area contributed by atoms with Gasteiger partial charge in [0, 0.05) is 27.5 Å². The molecular formula is C14H15Br3O4. The summed E-state index contributed by atoms with van der Waals surface area (Å²) in [5.41, 5.74) is 0.324. The minimum absolute atomic E-state index is 0.0480. The van der Waals surface area contributed by atoms with Gasteiger partial charge in [-0.1, -0.05) is 6.58 Å². The number of ether oxygens (including phenoxy) is 2. The molecule has 21 heavy (non-hydrogen) atoms. The lowest BCUT2D eigenvalue weighted by Gasteiger charge is -2.20.